The number of imidazole rings is 1. The van der Waals surface area contributed by atoms with E-state index in [1.807, 2.05) is 0 Å². The van der Waals surface area contributed by atoms with Gasteiger partial charge < -0.3 is 31.4 Å². The lowest BCUT2D eigenvalue weighted by Gasteiger charge is -2.02. The molecule has 0 spiro atoms. The maximum atomic E-state index is 10.3. The van der Waals surface area contributed by atoms with Gasteiger partial charge in [0.05, 0.1) is 12.4 Å². The molecule has 1 aromatic heterocycles. The van der Waals surface area contributed by atoms with Crippen LogP contribution in [0, 0.1) is 0 Å². The van der Waals surface area contributed by atoms with Crippen molar-refractivity contribution in [1.82, 2.24) is 15.3 Å². The van der Waals surface area contributed by atoms with Gasteiger partial charge in [0, 0.05) is 31.3 Å². The highest BCUT2D eigenvalue weighted by Crippen LogP contribution is 2.05. The van der Waals surface area contributed by atoms with Gasteiger partial charge in [-0.2, -0.15) is 0 Å². The van der Waals surface area contributed by atoms with Gasteiger partial charge in [0.25, 0.3) is 0 Å². The van der Waals surface area contributed by atoms with Gasteiger partial charge in [0.1, 0.15) is 12.1 Å². The number of β-amino-alcohol motifs (C(OH)–C–C–N with tert-alkyl or cyclic N) is 1. The molecule has 1 unspecified atom stereocenters. The van der Waals surface area contributed by atoms with Gasteiger partial charge in [-0.05, 0) is 0 Å². The summed E-state index contributed by atoms with van der Waals surface area (Å²) in [5, 5.41) is 28.3. The Morgan fingerprint density at radius 3 is 2.55 bits per heavy atom. The minimum absolute atomic E-state index is 0.287. The number of nitrogens with two attached hydrogens (primary N) is 1. The Morgan fingerprint density at radius 1 is 1.50 bits per heavy atom. The monoisotopic (exact) mass is 286 g/mol. The first-order chi connectivity index (χ1) is 9.40. The summed E-state index contributed by atoms with van der Waals surface area (Å²) in [4.78, 5) is 26.9. The van der Waals surface area contributed by atoms with Crippen LogP contribution in [-0.2, 0) is 16.0 Å². The van der Waals surface area contributed by atoms with E-state index in [2.05, 4.69) is 15.3 Å². The molecule has 1 aromatic rings. The Bertz CT molecular complexity index is 436. The minimum Gasteiger partial charge on any atom is -0.480 e. The van der Waals surface area contributed by atoms with E-state index in [1.54, 1.807) is 6.20 Å². The number of aliphatic carboxylic acids is 2. The third-order valence-corrected chi connectivity index (χ3v) is 2.72. The maximum Gasteiger partial charge on any atom is 0.320 e. The number of nitrogens with one attached hydrogen (secondary N) is 2. The summed E-state index contributed by atoms with van der Waals surface area (Å²) in [6.45, 7) is 0.400. The lowest BCUT2D eigenvalue weighted by molar-refractivity contribution is -0.139. The number of aliphatic hydroxyl groups excluding tert-OH is 1. The van der Waals surface area contributed by atoms with E-state index < -0.39 is 30.1 Å². The third kappa shape index (κ3) is 5.34. The van der Waals surface area contributed by atoms with Crippen molar-refractivity contribution in [3.8, 4) is 0 Å². The van der Waals surface area contributed by atoms with Crippen molar-refractivity contribution in [3.05, 3.63) is 18.2 Å². The van der Waals surface area contributed by atoms with Crippen LogP contribution in [0.2, 0.25) is 0 Å². The van der Waals surface area contributed by atoms with Crippen molar-refractivity contribution >= 4 is 11.9 Å². The van der Waals surface area contributed by atoms with Gasteiger partial charge >= 0.3 is 11.9 Å². The van der Waals surface area contributed by atoms with Crippen molar-refractivity contribution in [1.29, 1.82) is 0 Å². The Balaban J connectivity index is 0.000000204. The second-order valence-electron chi connectivity index (χ2n) is 4.41. The average molecular weight is 286 g/mol. The molecule has 0 amide bonds. The van der Waals surface area contributed by atoms with Crippen LogP contribution in [0.5, 0.6) is 0 Å². The second kappa shape index (κ2) is 7.58. The van der Waals surface area contributed by atoms with Crippen LogP contribution in [0.25, 0.3) is 0 Å². The fourth-order valence-corrected chi connectivity index (χ4v) is 1.63. The highest BCUT2D eigenvalue weighted by atomic mass is 16.4. The van der Waals surface area contributed by atoms with Crippen LogP contribution in [-0.4, -0.2) is 62.0 Å². The van der Waals surface area contributed by atoms with Gasteiger partial charge in [-0.15, -0.1) is 0 Å². The van der Waals surface area contributed by atoms with Crippen LogP contribution in [0.3, 0.4) is 0 Å². The molecule has 1 fully saturated rings. The first-order valence-corrected chi connectivity index (χ1v) is 6.00. The molecule has 7 N–H and O–H groups in total. The zero-order chi connectivity index (χ0) is 15.1. The highest BCUT2D eigenvalue weighted by molar-refractivity contribution is 5.74. The summed E-state index contributed by atoms with van der Waals surface area (Å²) in [6, 6.07) is -1.39. The molecule has 0 saturated carbocycles. The van der Waals surface area contributed by atoms with Gasteiger partial charge in [0.2, 0.25) is 0 Å². The number of carboxylic acids is 2. The second-order valence-corrected chi connectivity index (χ2v) is 4.41. The van der Waals surface area contributed by atoms with E-state index in [1.165, 1.54) is 6.33 Å². The fraction of sp³-hybridized carbons (Fsp3) is 0.545. The average Bonchev–Trinajstić information content (AvgIpc) is 3.01. The number of H-pyrrole nitrogens is 1. The molecule has 3 atom stereocenters. The topological polar surface area (TPSA) is 162 Å². The Hall–Kier alpha value is -1.97. The number of carbonyl (C=O) groups is 2. The predicted octanol–water partition coefficient (Wildman–Crippen LogP) is -1.84. The van der Waals surface area contributed by atoms with Crippen molar-refractivity contribution in [2.75, 3.05) is 6.54 Å². The first kappa shape index (κ1) is 16.1. The molecule has 2 heterocycles. The quantitative estimate of drug-likeness (QED) is 0.376. The molecule has 2 rings (SSSR count). The molecule has 20 heavy (non-hydrogen) atoms. The van der Waals surface area contributed by atoms with Crippen molar-refractivity contribution in [2.24, 2.45) is 5.73 Å². The lowest BCUT2D eigenvalue weighted by Crippen LogP contribution is -2.32. The highest BCUT2D eigenvalue weighted by Gasteiger charge is 2.27. The number of rotatable bonds is 4. The zero-order valence-electron chi connectivity index (χ0n) is 10.7. The summed E-state index contributed by atoms with van der Waals surface area (Å²) in [5.41, 5.74) is 6.00. The molecular weight excluding hydrogens is 268 g/mol. The minimum atomic E-state index is -1.00. The number of aromatic amines is 1. The smallest absolute Gasteiger partial charge is 0.320 e. The number of hydrogen-bond acceptors (Lipinski definition) is 6. The number of carboxylic acid groups (broad SMARTS) is 2. The number of aromatic nitrogens is 2. The molecule has 0 bridgehead atoms. The molecule has 0 aromatic carbocycles. The molecule has 0 radical (unpaired) electrons. The van der Waals surface area contributed by atoms with Gasteiger partial charge in [-0.25, -0.2) is 4.98 Å². The van der Waals surface area contributed by atoms with Crippen LogP contribution >= 0.6 is 0 Å². The van der Waals surface area contributed by atoms with E-state index in [4.69, 9.17) is 21.1 Å². The van der Waals surface area contributed by atoms with Gasteiger partial charge in [-0.1, -0.05) is 0 Å². The van der Waals surface area contributed by atoms with Crippen LogP contribution < -0.4 is 11.1 Å². The normalized spacial score (nSPS) is 22.7. The molecule has 1 aliphatic rings. The van der Waals surface area contributed by atoms with Crippen LogP contribution in [0.4, 0.5) is 0 Å². The largest absolute Gasteiger partial charge is 0.480 e. The maximum absolute atomic E-state index is 10.3. The summed E-state index contributed by atoms with van der Waals surface area (Å²) >= 11 is 0. The molecular formula is C11H18N4O5. The van der Waals surface area contributed by atoms with Crippen LogP contribution in [0.15, 0.2) is 12.5 Å². The van der Waals surface area contributed by atoms with Crippen molar-refractivity contribution in [2.45, 2.75) is 31.0 Å². The SMILES string of the molecule is NC(Cc1cnc[nH]1)C(=O)O.O=C(O)[C@@H]1C[C@@H](O)CN1. The van der Waals surface area contributed by atoms with Crippen molar-refractivity contribution < 1.29 is 24.9 Å². The summed E-state index contributed by atoms with van der Waals surface area (Å²) in [5.74, 6) is -1.88. The first-order valence-electron chi connectivity index (χ1n) is 6.00. The molecule has 1 aliphatic heterocycles. The van der Waals surface area contributed by atoms with Gasteiger partial charge in [-0.3, -0.25) is 9.59 Å². The molecule has 1 saturated heterocycles. The van der Waals surface area contributed by atoms with Crippen LogP contribution in [0.1, 0.15) is 12.1 Å². The molecule has 112 valence electrons. The zero-order valence-corrected chi connectivity index (χ0v) is 10.7. The molecule has 0 aliphatic carbocycles. The number of nitrogens with zero attached hydrogens (tertiary/aromatic N) is 1. The summed E-state index contributed by atoms with van der Waals surface area (Å²) in [6.07, 6.45) is 3.18. The Labute approximate surface area is 114 Å². The Kier molecular flexibility index (Phi) is 6.10. The van der Waals surface area contributed by atoms with E-state index in [-0.39, 0.29) is 6.42 Å². The predicted molar refractivity (Wildman–Crippen MR) is 68.0 cm³/mol. The third-order valence-electron chi connectivity index (χ3n) is 2.72. The number of hydrogen-bond donors (Lipinski definition) is 6. The standard InChI is InChI=1S/C6H9N3O2.C5H9NO3/c7-5(6(10)11)1-4-2-8-3-9-4;7-3-1-4(5(8)9)6-2-3/h2-3,5H,1,7H2,(H,8,9)(H,10,11);3-4,6-7H,1-2H2,(H,8,9)/t;3-,4+/m.1/s1. The Morgan fingerprint density at radius 2 is 2.20 bits per heavy atom. The van der Waals surface area contributed by atoms with E-state index >= 15 is 0 Å². The lowest BCUT2D eigenvalue weighted by atomic mass is 10.2. The molecule has 9 nitrogen and oxygen atoms in total. The fourth-order valence-electron chi connectivity index (χ4n) is 1.63. The van der Waals surface area contributed by atoms with Crippen molar-refractivity contribution in [3.63, 3.8) is 0 Å². The number of aliphatic hydroxyl groups is 1. The van der Waals surface area contributed by atoms with E-state index in [0.29, 0.717) is 13.0 Å². The summed E-state index contributed by atoms with van der Waals surface area (Å²) < 4.78 is 0. The van der Waals surface area contributed by atoms with Gasteiger partial charge in [0.15, 0.2) is 0 Å². The van der Waals surface area contributed by atoms with E-state index in [9.17, 15) is 9.59 Å². The van der Waals surface area contributed by atoms with E-state index in [0.717, 1.165) is 5.69 Å². The summed E-state index contributed by atoms with van der Waals surface area (Å²) in [7, 11) is 0. The molecule has 9 heteroatoms.